The van der Waals surface area contributed by atoms with Crippen molar-refractivity contribution in [3.8, 4) is 0 Å². The largest absolute Gasteiger partial charge is 0.336 e. The molecule has 0 spiro atoms. The van der Waals surface area contributed by atoms with Gasteiger partial charge in [0.25, 0.3) is 10.0 Å². The Labute approximate surface area is 109 Å². The number of hydrogen-bond acceptors (Lipinski definition) is 4. The first-order valence-electron chi connectivity index (χ1n) is 6.04. The molecule has 0 saturated heterocycles. The van der Waals surface area contributed by atoms with E-state index in [0.717, 1.165) is 6.54 Å². The average molecular weight is 274 g/mol. The van der Waals surface area contributed by atoms with E-state index in [1.807, 2.05) is 6.92 Å². The Bertz CT molecular complexity index is 467. The molecule has 0 amide bonds. The third kappa shape index (κ3) is 4.40. The Morgan fingerprint density at radius 1 is 1.39 bits per heavy atom. The molecular weight excluding hydrogens is 252 g/mol. The monoisotopic (exact) mass is 274 g/mol. The van der Waals surface area contributed by atoms with Gasteiger partial charge < -0.3 is 9.88 Å². The quantitative estimate of drug-likeness (QED) is 0.756. The lowest BCUT2D eigenvalue weighted by Crippen LogP contribution is -2.37. The van der Waals surface area contributed by atoms with E-state index in [-0.39, 0.29) is 11.1 Å². The number of nitrogens with one attached hydrogen (secondary N) is 2. The fourth-order valence-corrected chi connectivity index (χ4v) is 2.49. The fourth-order valence-electron chi connectivity index (χ4n) is 1.41. The van der Waals surface area contributed by atoms with E-state index in [9.17, 15) is 8.42 Å². The zero-order chi connectivity index (χ0) is 13.8. The molecule has 7 heteroatoms. The Kier molecular flexibility index (Phi) is 5.30. The minimum absolute atomic E-state index is 0.0754. The molecule has 1 rings (SSSR count). The number of sulfonamides is 1. The lowest BCUT2D eigenvalue weighted by molar-refractivity contribution is 0.521. The van der Waals surface area contributed by atoms with Crippen LogP contribution in [0.15, 0.2) is 17.6 Å². The number of nitrogens with zero attached hydrogens (tertiary/aromatic N) is 2. The highest BCUT2D eigenvalue weighted by atomic mass is 32.2. The van der Waals surface area contributed by atoms with Crippen molar-refractivity contribution in [3.63, 3.8) is 0 Å². The number of rotatable bonds is 7. The Balaban J connectivity index is 2.70. The van der Waals surface area contributed by atoms with Gasteiger partial charge in [-0.2, -0.15) is 0 Å². The zero-order valence-corrected chi connectivity index (χ0v) is 12.2. The van der Waals surface area contributed by atoms with Crippen LogP contribution in [0.1, 0.15) is 20.8 Å². The molecule has 18 heavy (non-hydrogen) atoms. The molecule has 0 aromatic carbocycles. The summed E-state index contributed by atoms with van der Waals surface area (Å²) in [7, 11) is -1.71. The maximum Gasteiger partial charge on any atom is 0.259 e. The van der Waals surface area contributed by atoms with Crippen LogP contribution in [0, 0.1) is 5.92 Å². The van der Waals surface area contributed by atoms with Crippen molar-refractivity contribution in [1.82, 2.24) is 19.6 Å². The topological polar surface area (TPSA) is 76.0 Å². The second kappa shape index (κ2) is 6.31. The van der Waals surface area contributed by atoms with Gasteiger partial charge in [0.05, 0.1) is 6.33 Å². The van der Waals surface area contributed by atoms with Crippen LogP contribution >= 0.6 is 0 Å². The van der Waals surface area contributed by atoms with Gasteiger partial charge in [-0.15, -0.1) is 0 Å². The second-order valence-electron chi connectivity index (χ2n) is 4.84. The summed E-state index contributed by atoms with van der Waals surface area (Å²) in [5.74, 6) is 0.451. The van der Waals surface area contributed by atoms with Gasteiger partial charge in [0.1, 0.15) is 0 Å². The van der Waals surface area contributed by atoms with Gasteiger partial charge >= 0.3 is 0 Å². The van der Waals surface area contributed by atoms with E-state index in [2.05, 4.69) is 28.9 Å². The van der Waals surface area contributed by atoms with E-state index in [1.54, 1.807) is 24.1 Å². The van der Waals surface area contributed by atoms with E-state index in [1.165, 1.54) is 0 Å². The highest BCUT2D eigenvalue weighted by molar-refractivity contribution is 7.89. The first-order valence-corrected chi connectivity index (χ1v) is 7.52. The molecule has 1 unspecified atom stereocenters. The predicted molar refractivity (Wildman–Crippen MR) is 70.8 cm³/mol. The lowest BCUT2D eigenvalue weighted by Gasteiger charge is -2.10. The summed E-state index contributed by atoms with van der Waals surface area (Å²) in [5, 5.41) is 3.04. The summed E-state index contributed by atoms with van der Waals surface area (Å²) >= 11 is 0. The summed E-state index contributed by atoms with van der Waals surface area (Å²) in [6.07, 6.45) is 3.11. The Hall–Kier alpha value is -0.920. The van der Waals surface area contributed by atoms with Crippen molar-refractivity contribution in [2.24, 2.45) is 5.92 Å². The van der Waals surface area contributed by atoms with Crippen molar-refractivity contribution in [2.75, 3.05) is 13.6 Å². The van der Waals surface area contributed by atoms with E-state index >= 15 is 0 Å². The van der Waals surface area contributed by atoms with E-state index in [4.69, 9.17) is 0 Å². The van der Waals surface area contributed by atoms with E-state index in [0.29, 0.717) is 12.5 Å². The molecule has 0 aliphatic rings. The van der Waals surface area contributed by atoms with Gasteiger partial charge in [-0.25, -0.2) is 18.1 Å². The van der Waals surface area contributed by atoms with Crippen LogP contribution in [0.3, 0.4) is 0 Å². The summed E-state index contributed by atoms with van der Waals surface area (Å²) in [4.78, 5) is 3.94. The summed E-state index contributed by atoms with van der Waals surface area (Å²) < 4.78 is 28.2. The third-order valence-corrected chi connectivity index (χ3v) is 3.84. The van der Waals surface area contributed by atoms with Crippen LogP contribution in [-0.4, -0.2) is 37.6 Å². The average Bonchev–Trinajstić information content (AvgIpc) is 2.74. The van der Waals surface area contributed by atoms with Crippen molar-refractivity contribution in [3.05, 3.63) is 12.5 Å². The molecule has 6 nitrogen and oxygen atoms in total. The minimum Gasteiger partial charge on any atom is -0.336 e. The number of aromatic nitrogens is 2. The maximum atomic E-state index is 11.9. The summed E-state index contributed by atoms with van der Waals surface area (Å²) in [6.45, 7) is 7.15. The Morgan fingerprint density at radius 2 is 2.06 bits per heavy atom. The third-order valence-electron chi connectivity index (χ3n) is 2.53. The molecule has 2 N–H and O–H groups in total. The highest BCUT2D eigenvalue weighted by Gasteiger charge is 2.17. The normalized spacial score (nSPS) is 14.1. The molecule has 1 aromatic rings. The van der Waals surface area contributed by atoms with Crippen LogP contribution in [0.5, 0.6) is 0 Å². The zero-order valence-electron chi connectivity index (χ0n) is 11.3. The van der Waals surface area contributed by atoms with Crippen LogP contribution in [0.2, 0.25) is 0 Å². The number of hydrogen-bond donors (Lipinski definition) is 2. The van der Waals surface area contributed by atoms with Gasteiger partial charge in [0, 0.05) is 25.3 Å². The molecule has 0 bridgehead atoms. The van der Waals surface area contributed by atoms with Crippen molar-refractivity contribution in [1.29, 1.82) is 0 Å². The molecule has 0 fully saturated rings. The maximum absolute atomic E-state index is 11.9. The van der Waals surface area contributed by atoms with Crippen molar-refractivity contribution < 1.29 is 8.42 Å². The standard InChI is InChI=1S/C11H22N4O2S/c1-9(2)6-15-7-11(13-8-15)18(16,17)14-5-10(3)12-4/h7-10,12,14H,5-6H2,1-4H3. The number of imidazole rings is 1. The van der Waals surface area contributed by atoms with Gasteiger partial charge in [-0.05, 0) is 19.9 Å². The lowest BCUT2D eigenvalue weighted by atomic mass is 10.2. The molecule has 0 radical (unpaired) electrons. The Morgan fingerprint density at radius 3 is 2.61 bits per heavy atom. The van der Waals surface area contributed by atoms with Gasteiger partial charge in [0.2, 0.25) is 0 Å². The van der Waals surface area contributed by atoms with Crippen LogP contribution in [0.25, 0.3) is 0 Å². The highest BCUT2D eigenvalue weighted by Crippen LogP contribution is 2.07. The molecular formula is C11H22N4O2S. The van der Waals surface area contributed by atoms with Crippen LogP contribution < -0.4 is 10.0 Å². The molecule has 0 saturated carbocycles. The summed E-state index contributed by atoms with van der Waals surface area (Å²) in [5.41, 5.74) is 0. The summed E-state index contributed by atoms with van der Waals surface area (Å²) in [6, 6.07) is 0.0810. The van der Waals surface area contributed by atoms with Crippen molar-refractivity contribution in [2.45, 2.75) is 38.4 Å². The van der Waals surface area contributed by atoms with Gasteiger partial charge in [0.15, 0.2) is 5.03 Å². The molecule has 104 valence electrons. The van der Waals surface area contributed by atoms with Crippen LogP contribution in [-0.2, 0) is 16.6 Å². The van der Waals surface area contributed by atoms with Crippen LogP contribution in [0.4, 0.5) is 0 Å². The first kappa shape index (κ1) is 15.1. The SMILES string of the molecule is CNC(C)CNS(=O)(=O)c1cn(CC(C)C)cn1. The van der Waals surface area contributed by atoms with Crippen molar-refractivity contribution >= 4 is 10.0 Å². The smallest absolute Gasteiger partial charge is 0.259 e. The molecule has 1 atom stereocenters. The van der Waals surface area contributed by atoms with Gasteiger partial charge in [-0.3, -0.25) is 0 Å². The fraction of sp³-hybridized carbons (Fsp3) is 0.727. The van der Waals surface area contributed by atoms with Gasteiger partial charge in [-0.1, -0.05) is 13.8 Å². The molecule has 1 aromatic heterocycles. The molecule has 0 aliphatic heterocycles. The predicted octanol–water partition coefficient (Wildman–Crippen LogP) is 0.425. The first-order chi connectivity index (χ1) is 8.35. The molecule has 1 heterocycles. The number of likely N-dealkylation sites (N-methyl/N-ethyl adjacent to an activating group) is 1. The minimum atomic E-state index is -3.50. The molecule has 0 aliphatic carbocycles. The second-order valence-corrected chi connectivity index (χ2v) is 6.56. The van der Waals surface area contributed by atoms with E-state index < -0.39 is 10.0 Å².